The Balaban J connectivity index is 2.63. The van der Waals surface area contributed by atoms with Crippen LogP contribution < -0.4 is 0 Å². The van der Waals surface area contributed by atoms with Gasteiger partial charge in [-0.15, -0.1) is 11.6 Å². The van der Waals surface area contributed by atoms with Gasteiger partial charge in [0.1, 0.15) is 5.15 Å². The van der Waals surface area contributed by atoms with Gasteiger partial charge in [0.25, 0.3) is 0 Å². The summed E-state index contributed by atoms with van der Waals surface area (Å²) in [6.45, 7) is 0. The molecule has 1 aromatic carbocycles. The third kappa shape index (κ3) is 2.83. The molecule has 0 aliphatic rings. The van der Waals surface area contributed by atoms with Gasteiger partial charge in [0.05, 0.1) is 11.6 Å². The Kier molecular flexibility index (Phi) is 3.99. The number of rotatable bonds is 2. The molecule has 0 atom stereocenters. The minimum atomic E-state index is -4.61. The summed E-state index contributed by atoms with van der Waals surface area (Å²) in [4.78, 5) is 0. The highest BCUT2D eigenvalue weighted by molar-refractivity contribution is 6.32. The molecule has 8 heteroatoms. The van der Waals surface area contributed by atoms with Crippen LogP contribution >= 0.6 is 34.8 Å². The lowest BCUT2D eigenvalue weighted by molar-refractivity contribution is -0.141. The van der Waals surface area contributed by atoms with Gasteiger partial charge in [-0.1, -0.05) is 29.3 Å². The van der Waals surface area contributed by atoms with Crippen molar-refractivity contribution in [2.45, 2.75) is 12.1 Å². The van der Waals surface area contributed by atoms with Crippen LogP contribution in [0.4, 0.5) is 13.2 Å². The number of halogens is 6. The summed E-state index contributed by atoms with van der Waals surface area (Å²) in [7, 11) is 0. The molecule has 19 heavy (non-hydrogen) atoms. The largest absolute Gasteiger partial charge is 0.435 e. The fourth-order valence-corrected chi connectivity index (χ4v) is 2.35. The van der Waals surface area contributed by atoms with E-state index in [1.54, 1.807) is 18.2 Å². The van der Waals surface area contributed by atoms with E-state index in [0.717, 1.165) is 4.68 Å². The predicted octanol–water partition coefficient (Wildman–Crippen LogP) is 4.94. The first kappa shape index (κ1) is 14.5. The molecule has 0 bridgehead atoms. The Morgan fingerprint density at radius 2 is 1.89 bits per heavy atom. The molecule has 0 spiro atoms. The van der Waals surface area contributed by atoms with Crippen molar-refractivity contribution in [2.75, 3.05) is 0 Å². The highest BCUT2D eigenvalue weighted by Crippen LogP contribution is 2.36. The van der Waals surface area contributed by atoms with Crippen LogP contribution in [0.25, 0.3) is 5.69 Å². The SMILES string of the molecule is FC(F)(F)c1nn(-c2cccc(Cl)c2)c(Cl)c1CCl. The molecule has 0 aliphatic heterocycles. The molecule has 1 heterocycles. The van der Waals surface area contributed by atoms with E-state index in [9.17, 15) is 13.2 Å². The van der Waals surface area contributed by atoms with E-state index in [2.05, 4.69) is 5.10 Å². The van der Waals surface area contributed by atoms with Crippen molar-refractivity contribution in [1.82, 2.24) is 9.78 Å². The lowest BCUT2D eigenvalue weighted by Crippen LogP contribution is -2.09. The third-order valence-corrected chi connectivity index (χ3v) is 3.27. The zero-order valence-electron chi connectivity index (χ0n) is 9.18. The molecule has 0 radical (unpaired) electrons. The molecule has 2 rings (SSSR count). The van der Waals surface area contributed by atoms with E-state index in [4.69, 9.17) is 34.8 Å². The predicted molar refractivity (Wildman–Crippen MR) is 68.1 cm³/mol. The van der Waals surface area contributed by atoms with Crippen LogP contribution in [0.5, 0.6) is 0 Å². The summed E-state index contributed by atoms with van der Waals surface area (Å²) in [5, 5.41) is 3.67. The fraction of sp³-hybridized carbons (Fsp3) is 0.182. The van der Waals surface area contributed by atoms with Crippen LogP contribution in [0.1, 0.15) is 11.3 Å². The zero-order valence-corrected chi connectivity index (χ0v) is 11.4. The summed E-state index contributed by atoms with van der Waals surface area (Å²) < 4.78 is 39.4. The first-order valence-electron chi connectivity index (χ1n) is 5.01. The van der Waals surface area contributed by atoms with Gasteiger partial charge in [-0.05, 0) is 18.2 Å². The molecule has 0 N–H and O–H groups in total. The number of nitrogens with zero attached hydrogens (tertiary/aromatic N) is 2. The van der Waals surface area contributed by atoms with E-state index >= 15 is 0 Å². The molecule has 0 aliphatic carbocycles. The van der Waals surface area contributed by atoms with Gasteiger partial charge in [0.15, 0.2) is 5.69 Å². The first-order chi connectivity index (χ1) is 8.84. The zero-order chi connectivity index (χ0) is 14.2. The van der Waals surface area contributed by atoms with Gasteiger partial charge in [0, 0.05) is 10.6 Å². The van der Waals surface area contributed by atoms with Gasteiger partial charge in [-0.2, -0.15) is 18.3 Å². The molecule has 2 aromatic rings. The van der Waals surface area contributed by atoms with Crippen molar-refractivity contribution in [1.29, 1.82) is 0 Å². The number of benzene rings is 1. The van der Waals surface area contributed by atoms with Crippen LogP contribution in [0.2, 0.25) is 10.2 Å². The van der Waals surface area contributed by atoms with E-state index in [0.29, 0.717) is 10.7 Å². The standard InChI is InChI=1S/C11H6Cl3F3N2/c12-5-8-9(11(15,16)17)18-19(10(8)14)7-3-1-2-6(13)4-7/h1-4H,5H2. The molecular formula is C11H6Cl3F3N2. The van der Waals surface area contributed by atoms with Gasteiger partial charge in [-0.25, -0.2) is 4.68 Å². The second-order valence-corrected chi connectivity index (χ2v) is 4.70. The van der Waals surface area contributed by atoms with Crippen molar-refractivity contribution in [3.05, 3.63) is 45.7 Å². The summed E-state index contributed by atoms with van der Waals surface area (Å²) in [6, 6.07) is 6.18. The summed E-state index contributed by atoms with van der Waals surface area (Å²) >= 11 is 17.2. The topological polar surface area (TPSA) is 17.8 Å². The van der Waals surface area contributed by atoms with E-state index in [1.165, 1.54) is 6.07 Å². The number of hydrogen-bond donors (Lipinski definition) is 0. The van der Waals surface area contributed by atoms with Crippen molar-refractivity contribution in [2.24, 2.45) is 0 Å². The average Bonchev–Trinajstić information content (AvgIpc) is 2.66. The first-order valence-corrected chi connectivity index (χ1v) is 6.30. The van der Waals surface area contributed by atoms with Crippen LogP contribution in [0.3, 0.4) is 0 Å². The van der Waals surface area contributed by atoms with Crippen LogP contribution in [-0.2, 0) is 12.1 Å². The molecular weight excluding hydrogens is 323 g/mol. The number of alkyl halides is 4. The minimum absolute atomic E-state index is 0.176. The second-order valence-electron chi connectivity index (χ2n) is 3.64. The van der Waals surface area contributed by atoms with Crippen molar-refractivity contribution in [3.63, 3.8) is 0 Å². The molecule has 1 aromatic heterocycles. The summed E-state index contributed by atoms with van der Waals surface area (Å²) in [5.74, 6) is -0.381. The van der Waals surface area contributed by atoms with Gasteiger partial charge >= 0.3 is 6.18 Å². The Morgan fingerprint density at radius 3 is 2.37 bits per heavy atom. The third-order valence-electron chi connectivity index (χ3n) is 2.38. The van der Waals surface area contributed by atoms with Crippen molar-refractivity contribution in [3.8, 4) is 5.69 Å². The highest BCUT2D eigenvalue weighted by atomic mass is 35.5. The second kappa shape index (κ2) is 5.23. The van der Waals surface area contributed by atoms with Crippen LogP contribution in [0.15, 0.2) is 24.3 Å². The maximum Gasteiger partial charge on any atom is 0.435 e. The van der Waals surface area contributed by atoms with E-state index in [-0.39, 0.29) is 16.6 Å². The summed E-state index contributed by atoms with van der Waals surface area (Å²) in [6.07, 6.45) is -4.61. The molecule has 0 amide bonds. The van der Waals surface area contributed by atoms with Crippen molar-refractivity contribution >= 4 is 34.8 Å². The number of aromatic nitrogens is 2. The Labute approximate surface area is 121 Å². The molecule has 0 saturated carbocycles. The Bertz CT molecular complexity index is 608. The van der Waals surface area contributed by atoms with Crippen LogP contribution in [-0.4, -0.2) is 9.78 Å². The Hall–Kier alpha value is -0.910. The number of hydrogen-bond acceptors (Lipinski definition) is 1. The average molecular weight is 330 g/mol. The molecule has 0 unspecified atom stereocenters. The Morgan fingerprint density at radius 1 is 1.21 bits per heavy atom. The summed E-state index contributed by atoms with van der Waals surface area (Å²) in [5.41, 5.74) is -1.01. The van der Waals surface area contributed by atoms with Crippen molar-refractivity contribution < 1.29 is 13.2 Å². The van der Waals surface area contributed by atoms with Gasteiger partial charge in [-0.3, -0.25) is 0 Å². The van der Waals surface area contributed by atoms with E-state index < -0.39 is 11.9 Å². The minimum Gasteiger partial charge on any atom is -0.221 e. The lowest BCUT2D eigenvalue weighted by Gasteiger charge is -2.03. The molecule has 2 nitrogen and oxygen atoms in total. The normalized spacial score (nSPS) is 11.9. The molecule has 102 valence electrons. The lowest BCUT2D eigenvalue weighted by atomic mass is 10.2. The van der Waals surface area contributed by atoms with E-state index in [1.807, 2.05) is 0 Å². The maximum absolute atomic E-state index is 12.8. The van der Waals surface area contributed by atoms with Gasteiger partial charge < -0.3 is 0 Å². The smallest absolute Gasteiger partial charge is 0.221 e. The fourth-order valence-electron chi connectivity index (χ4n) is 1.55. The maximum atomic E-state index is 12.8. The highest BCUT2D eigenvalue weighted by Gasteiger charge is 2.38. The molecule has 0 fully saturated rings. The van der Waals surface area contributed by atoms with Crippen LogP contribution in [0, 0.1) is 0 Å². The monoisotopic (exact) mass is 328 g/mol. The molecule has 0 saturated heterocycles. The van der Waals surface area contributed by atoms with Gasteiger partial charge in [0.2, 0.25) is 0 Å². The quantitative estimate of drug-likeness (QED) is 0.714.